The monoisotopic (exact) mass is 324 g/mol. The van der Waals surface area contributed by atoms with Crippen molar-refractivity contribution in [2.75, 3.05) is 7.11 Å². The Morgan fingerprint density at radius 3 is 2.63 bits per heavy atom. The van der Waals surface area contributed by atoms with E-state index in [0.717, 1.165) is 36.1 Å². The van der Waals surface area contributed by atoms with E-state index in [1.165, 1.54) is 5.56 Å². The molecule has 2 nitrogen and oxygen atoms in total. The number of halogens is 1. The Bertz CT molecular complexity index is 508. The van der Waals surface area contributed by atoms with Crippen LogP contribution in [0.3, 0.4) is 0 Å². The summed E-state index contributed by atoms with van der Waals surface area (Å²) in [6.45, 7) is 6.35. The molecule has 1 aromatic rings. The van der Waals surface area contributed by atoms with E-state index in [-0.39, 0.29) is 10.1 Å². The van der Waals surface area contributed by atoms with Gasteiger partial charge in [0.2, 0.25) is 0 Å². The highest BCUT2D eigenvalue weighted by molar-refractivity contribution is 9.10. The molecular weight excluding hydrogens is 304 g/mol. The molecule has 3 heteroatoms. The van der Waals surface area contributed by atoms with E-state index in [1.807, 2.05) is 6.07 Å². The summed E-state index contributed by atoms with van der Waals surface area (Å²) in [6, 6.07) is 4.08. The van der Waals surface area contributed by atoms with Crippen molar-refractivity contribution < 1.29 is 9.53 Å². The number of hydrogen-bond acceptors (Lipinski definition) is 2. The summed E-state index contributed by atoms with van der Waals surface area (Å²) in [7, 11) is 1.67. The van der Waals surface area contributed by atoms with Crippen molar-refractivity contribution in [2.45, 2.75) is 50.3 Å². The molecule has 1 unspecified atom stereocenters. The van der Waals surface area contributed by atoms with E-state index in [2.05, 4.69) is 42.8 Å². The number of carbonyl (C=O) groups is 1. The van der Waals surface area contributed by atoms with Gasteiger partial charge in [0.25, 0.3) is 0 Å². The highest BCUT2D eigenvalue weighted by Gasteiger charge is 2.39. The molecule has 0 heterocycles. The number of alkyl halides is 1. The first-order valence-electron chi connectivity index (χ1n) is 6.87. The fraction of sp³-hybridized carbons (Fsp3) is 0.562. The zero-order chi connectivity index (χ0) is 14.2. The highest BCUT2D eigenvalue weighted by Crippen LogP contribution is 2.41. The van der Waals surface area contributed by atoms with Gasteiger partial charge in [0.15, 0.2) is 5.78 Å². The Hall–Kier alpha value is -0.830. The lowest BCUT2D eigenvalue weighted by molar-refractivity contribution is 0.0928. The molecule has 1 aromatic carbocycles. The number of carbonyl (C=O) groups excluding carboxylic acids is 1. The van der Waals surface area contributed by atoms with E-state index in [1.54, 1.807) is 7.11 Å². The van der Waals surface area contributed by atoms with Gasteiger partial charge in [-0.1, -0.05) is 42.8 Å². The van der Waals surface area contributed by atoms with Crippen LogP contribution in [0.2, 0.25) is 0 Å². The van der Waals surface area contributed by atoms with Crippen LogP contribution in [-0.4, -0.2) is 17.2 Å². The summed E-state index contributed by atoms with van der Waals surface area (Å²) in [5, 5.41) is 0. The molecule has 2 rings (SSSR count). The van der Waals surface area contributed by atoms with Gasteiger partial charge in [0.1, 0.15) is 5.75 Å². The van der Waals surface area contributed by atoms with Gasteiger partial charge < -0.3 is 4.74 Å². The van der Waals surface area contributed by atoms with Gasteiger partial charge in [-0.15, -0.1) is 0 Å². The Morgan fingerprint density at radius 2 is 2.11 bits per heavy atom. The number of hydrogen-bond donors (Lipinski definition) is 0. The number of aryl methyl sites for hydroxylation is 1. The zero-order valence-corrected chi connectivity index (χ0v) is 13.6. The van der Waals surface area contributed by atoms with Gasteiger partial charge in [-0.05, 0) is 42.4 Å². The maximum absolute atomic E-state index is 12.6. The SMILES string of the molecule is CCC1(Br)CCc2cc(C(C)C)c(OC)cc2C1=O. The predicted octanol–water partition coefficient (Wildman–Crippen LogP) is 4.49. The van der Waals surface area contributed by atoms with Crippen molar-refractivity contribution in [1.82, 2.24) is 0 Å². The molecule has 0 saturated carbocycles. The molecule has 1 aliphatic carbocycles. The lowest BCUT2D eigenvalue weighted by atomic mass is 9.79. The van der Waals surface area contributed by atoms with Crippen LogP contribution < -0.4 is 4.74 Å². The number of ketones is 1. The molecule has 0 aromatic heterocycles. The summed E-state index contributed by atoms with van der Waals surface area (Å²) in [5.41, 5.74) is 3.18. The molecule has 1 atom stereocenters. The van der Waals surface area contributed by atoms with E-state index >= 15 is 0 Å². The molecule has 0 saturated heterocycles. The first kappa shape index (κ1) is 14.6. The summed E-state index contributed by atoms with van der Waals surface area (Å²) in [5.74, 6) is 1.43. The second-order valence-corrected chi connectivity index (χ2v) is 7.07. The Labute approximate surface area is 123 Å². The second kappa shape index (κ2) is 5.28. The molecule has 1 aliphatic rings. The third kappa shape index (κ3) is 2.45. The number of Topliss-reactive ketones (excluding diaryl/α,β-unsaturated/α-hetero) is 1. The normalized spacial score (nSPS) is 22.5. The second-order valence-electron chi connectivity index (χ2n) is 5.55. The first-order chi connectivity index (χ1) is 8.92. The average molecular weight is 325 g/mol. The Morgan fingerprint density at radius 1 is 1.42 bits per heavy atom. The van der Waals surface area contributed by atoms with Gasteiger partial charge in [-0.25, -0.2) is 0 Å². The third-order valence-electron chi connectivity index (χ3n) is 4.08. The third-order valence-corrected chi connectivity index (χ3v) is 5.40. The van der Waals surface area contributed by atoms with Crippen molar-refractivity contribution >= 4 is 21.7 Å². The number of fused-ring (bicyclic) bond motifs is 1. The quantitative estimate of drug-likeness (QED) is 0.765. The van der Waals surface area contributed by atoms with Crippen molar-refractivity contribution in [3.63, 3.8) is 0 Å². The van der Waals surface area contributed by atoms with Crippen LogP contribution in [0.5, 0.6) is 5.75 Å². The zero-order valence-electron chi connectivity index (χ0n) is 12.0. The molecular formula is C16H21BrO2. The molecule has 0 spiro atoms. The van der Waals surface area contributed by atoms with Crippen molar-refractivity contribution in [3.05, 3.63) is 28.8 Å². The minimum Gasteiger partial charge on any atom is -0.496 e. The lowest BCUT2D eigenvalue weighted by Gasteiger charge is -2.31. The van der Waals surface area contributed by atoms with E-state index in [0.29, 0.717) is 5.92 Å². The van der Waals surface area contributed by atoms with E-state index in [9.17, 15) is 4.79 Å². The Kier molecular flexibility index (Phi) is 4.05. The summed E-state index contributed by atoms with van der Waals surface area (Å²) in [6.07, 6.45) is 2.64. The number of rotatable bonds is 3. The van der Waals surface area contributed by atoms with Crippen LogP contribution in [-0.2, 0) is 6.42 Å². The maximum Gasteiger partial charge on any atom is 0.179 e. The predicted molar refractivity (Wildman–Crippen MR) is 81.7 cm³/mol. The highest BCUT2D eigenvalue weighted by atomic mass is 79.9. The Balaban J connectivity index is 2.54. The molecule has 104 valence electrons. The first-order valence-corrected chi connectivity index (χ1v) is 7.66. The van der Waals surface area contributed by atoms with Gasteiger partial charge in [0.05, 0.1) is 11.4 Å². The fourth-order valence-electron chi connectivity index (χ4n) is 2.71. The summed E-state index contributed by atoms with van der Waals surface area (Å²) < 4.78 is 5.07. The van der Waals surface area contributed by atoms with Gasteiger partial charge in [-0.3, -0.25) is 4.79 Å². The van der Waals surface area contributed by atoms with Crippen LogP contribution in [0, 0.1) is 0 Å². The van der Waals surface area contributed by atoms with Gasteiger partial charge in [-0.2, -0.15) is 0 Å². The topological polar surface area (TPSA) is 26.3 Å². The molecule has 0 aliphatic heterocycles. The summed E-state index contributed by atoms with van der Waals surface area (Å²) in [4.78, 5) is 12.6. The minimum atomic E-state index is -0.385. The van der Waals surface area contributed by atoms with E-state index < -0.39 is 0 Å². The molecule has 0 fully saturated rings. The van der Waals surface area contributed by atoms with Crippen molar-refractivity contribution in [3.8, 4) is 5.75 Å². The molecule has 0 radical (unpaired) electrons. The number of benzene rings is 1. The van der Waals surface area contributed by atoms with Crippen LogP contribution >= 0.6 is 15.9 Å². The van der Waals surface area contributed by atoms with Crippen LogP contribution in [0.1, 0.15) is 61.0 Å². The van der Waals surface area contributed by atoms with Gasteiger partial charge >= 0.3 is 0 Å². The minimum absolute atomic E-state index is 0.199. The van der Waals surface area contributed by atoms with Gasteiger partial charge in [0, 0.05) is 5.56 Å². The van der Waals surface area contributed by atoms with Crippen LogP contribution in [0.15, 0.2) is 12.1 Å². The fourth-order valence-corrected chi connectivity index (χ4v) is 3.13. The standard InChI is InChI=1S/C16H21BrO2/c1-5-16(17)7-6-11-8-12(10(2)3)14(19-4)9-13(11)15(16)18/h8-10H,5-7H2,1-4H3. The smallest absolute Gasteiger partial charge is 0.179 e. The van der Waals surface area contributed by atoms with Crippen LogP contribution in [0.4, 0.5) is 0 Å². The average Bonchev–Trinajstić information content (AvgIpc) is 2.41. The largest absolute Gasteiger partial charge is 0.496 e. The summed E-state index contributed by atoms with van der Waals surface area (Å²) >= 11 is 3.63. The van der Waals surface area contributed by atoms with E-state index in [4.69, 9.17) is 4.74 Å². The lowest BCUT2D eigenvalue weighted by Crippen LogP contribution is -2.36. The molecule has 0 bridgehead atoms. The number of methoxy groups -OCH3 is 1. The van der Waals surface area contributed by atoms with Crippen LogP contribution in [0.25, 0.3) is 0 Å². The molecule has 0 amide bonds. The number of ether oxygens (including phenoxy) is 1. The molecule has 0 N–H and O–H groups in total. The van der Waals surface area contributed by atoms with Crippen molar-refractivity contribution in [1.29, 1.82) is 0 Å². The molecule has 19 heavy (non-hydrogen) atoms. The maximum atomic E-state index is 12.6. The van der Waals surface area contributed by atoms with Crippen molar-refractivity contribution in [2.24, 2.45) is 0 Å².